The second kappa shape index (κ2) is 4.35. The molecule has 0 amide bonds. The Kier molecular flexibility index (Phi) is 2.70. The van der Waals surface area contributed by atoms with Gasteiger partial charge in [0.1, 0.15) is 21.9 Å². The third-order valence-electron chi connectivity index (χ3n) is 2.28. The SMILES string of the molecule is Oc1ccc(Sc2ncnc3sccc23)cc1. The van der Waals surface area contributed by atoms with Crippen molar-refractivity contribution in [1.29, 1.82) is 0 Å². The molecular weight excluding hydrogens is 252 g/mol. The molecule has 3 aromatic rings. The van der Waals surface area contributed by atoms with Crippen molar-refractivity contribution in [3.05, 3.63) is 42.0 Å². The maximum atomic E-state index is 9.23. The predicted molar refractivity (Wildman–Crippen MR) is 69.6 cm³/mol. The van der Waals surface area contributed by atoms with Crippen molar-refractivity contribution in [2.24, 2.45) is 0 Å². The molecule has 0 aliphatic rings. The minimum Gasteiger partial charge on any atom is -0.508 e. The number of fused-ring (bicyclic) bond motifs is 1. The Morgan fingerprint density at radius 3 is 2.71 bits per heavy atom. The Labute approximate surface area is 106 Å². The Morgan fingerprint density at radius 1 is 1.06 bits per heavy atom. The van der Waals surface area contributed by atoms with E-state index in [9.17, 15) is 5.11 Å². The van der Waals surface area contributed by atoms with Gasteiger partial charge in [-0.15, -0.1) is 11.3 Å². The number of benzene rings is 1. The van der Waals surface area contributed by atoms with Crippen LogP contribution in [0.4, 0.5) is 0 Å². The zero-order chi connectivity index (χ0) is 11.7. The van der Waals surface area contributed by atoms with Crippen molar-refractivity contribution in [1.82, 2.24) is 9.97 Å². The van der Waals surface area contributed by atoms with Gasteiger partial charge in [0, 0.05) is 10.3 Å². The van der Waals surface area contributed by atoms with Gasteiger partial charge in [0.2, 0.25) is 0 Å². The molecule has 1 aromatic carbocycles. The van der Waals surface area contributed by atoms with Crippen LogP contribution in [0.25, 0.3) is 10.2 Å². The molecule has 3 rings (SSSR count). The second-order valence-corrected chi connectivity index (χ2v) is 5.37. The van der Waals surface area contributed by atoms with Crippen molar-refractivity contribution in [2.75, 3.05) is 0 Å². The molecule has 17 heavy (non-hydrogen) atoms. The number of nitrogens with zero attached hydrogens (tertiary/aromatic N) is 2. The number of phenolic OH excluding ortho intramolecular Hbond substituents is 1. The first-order valence-electron chi connectivity index (χ1n) is 4.98. The highest BCUT2D eigenvalue weighted by atomic mass is 32.2. The summed E-state index contributed by atoms with van der Waals surface area (Å²) < 4.78 is 0. The Bertz CT molecular complexity index is 649. The maximum Gasteiger partial charge on any atom is 0.127 e. The van der Waals surface area contributed by atoms with Crippen molar-refractivity contribution in [3.63, 3.8) is 0 Å². The normalized spacial score (nSPS) is 10.8. The van der Waals surface area contributed by atoms with Gasteiger partial charge in [0.15, 0.2) is 0 Å². The number of aromatic hydroxyl groups is 1. The summed E-state index contributed by atoms with van der Waals surface area (Å²) in [5, 5.41) is 13.3. The third kappa shape index (κ3) is 2.11. The molecule has 0 unspecified atom stereocenters. The first-order valence-corrected chi connectivity index (χ1v) is 6.67. The Morgan fingerprint density at radius 2 is 1.88 bits per heavy atom. The van der Waals surface area contributed by atoms with Gasteiger partial charge in [0.05, 0.1) is 0 Å². The van der Waals surface area contributed by atoms with E-state index in [0.717, 1.165) is 20.1 Å². The number of hydrogen-bond donors (Lipinski definition) is 1. The van der Waals surface area contributed by atoms with E-state index in [1.54, 1.807) is 41.6 Å². The van der Waals surface area contributed by atoms with Gasteiger partial charge < -0.3 is 5.11 Å². The van der Waals surface area contributed by atoms with Crippen LogP contribution in [0.5, 0.6) is 5.75 Å². The van der Waals surface area contributed by atoms with Gasteiger partial charge in [-0.25, -0.2) is 9.97 Å². The molecule has 0 aliphatic carbocycles. The fraction of sp³-hybridized carbons (Fsp3) is 0. The van der Waals surface area contributed by atoms with E-state index in [1.807, 2.05) is 23.6 Å². The summed E-state index contributed by atoms with van der Waals surface area (Å²) in [7, 11) is 0. The lowest BCUT2D eigenvalue weighted by Crippen LogP contribution is -1.82. The fourth-order valence-electron chi connectivity index (χ4n) is 1.47. The number of rotatable bonds is 2. The lowest BCUT2D eigenvalue weighted by Gasteiger charge is -2.01. The molecule has 0 spiro atoms. The monoisotopic (exact) mass is 260 g/mol. The van der Waals surface area contributed by atoms with Gasteiger partial charge >= 0.3 is 0 Å². The number of phenols is 1. The van der Waals surface area contributed by atoms with Crippen LogP contribution >= 0.6 is 23.1 Å². The smallest absolute Gasteiger partial charge is 0.127 e. The average Bonchev–Trinajstić information content (AvgIpc) is 2.81. The van der Waals surface area contributed by atoms with E-state index in [0.29, 0.717) is 0 Å². The van der Waals surface area contributed by atoms with Gasteiger partial charge in [-0.1, -0.05) is 11.8 Å². The molecule has 2 aromatic heterocycles. The zero-order valence-electron chi connectivity index (χ0n) is 8.70. The van der Waals surface area contributed by atoms with Crippen LogP contribution in [0, 0.1) is 0 Å². The third-order valence-corrected chi connectivity index (χ3v) is 4.12. The summed E-state index contributed by atoms with van der Waals surface area (Å²) in [5.74, 6) is 0.276. The molecular formula is C12H8N2OS2. The summed E-state index contributed by atoms with van der Waals surface area (Å²) in [4.78, 5) is 10.6. The van der Waals surface area contributed by atoms with E-state index < -0.39 is 0 Å². The molecule has 0 saturated heterocycles. The molecule has 0 aliphatic heterocycles. The summed E-state index contributed by atoms with van der Waals surface area (Å²) in [5.41, 5.74) is 0. The molecule has 84 valence electrons. The summed E-state index contributed by atoms with van der Waals surface area (Å²) >= 11 is 3.18. The van der Waals surface area contributed by atoms with Crippen molar-refractivity contribution in [3.8, 4) is 5.75 Å². The lowest BCUT2D eigenvalue weighted by atomic mass is 10.3. The molecule has 0 saturated carbocycles. The summed E-state index contributed by atoms with van der Waals surface area (Å²) in [6, 6.07) is 9.13. The molecule has 0 bridgehead atoms. The minimum atomic E-state index is 0.276. The van der Waals surface area contributed by atoms with E-state index in [2.05, 4.69) is 9.97 Å². The van der Waals surface area contributed by atoms with Crippen LogP contribution in [-0.4, -0.2) is 15.1 Å². The Hall–Kier alpha value is -1.59. The fourth-order valence-corrected chi connectivity index (χ4v) is 3.14. The van der Waals surface area contributed by atoms with Gasteiger partial charge in [-0.2, -0.15) is 0 Å². The van der Waals surface area contributed by atoms with Crippen molar-refractivity contribution < 1.29 is 5.11 Å². The molecule has 1 N–H and O–H groups in total. The Balaban J connectivity index is 1.99. The molecule has 3 nitrogen and oxygen atoms in total. The largest absolute Gasteiger partial charge is 0.508 e. The van der Waals surface area contributed by atoms with Crippen LogP contribution in [-0.2, 0) is 0 Å². The first-order chi connectivity index (χ1) is 8.33. The maximum absolute atomic E-state index is 9.23. The topological polar surface area (TPSA) is 46.0 Å². The lowest BCUT2D eigenvalue weighted by molar-refractivity contribution is 0.475. The number of thiophene rings is 1. The molecule has 0 radical (unpaired) electrons. The quantitative estimate of drug-likeness (QED) is 0.716. The highest BCUT2D eigenvalue weighted by Crippen LogP contribution is 2.33. The van der Waals surface area contributed by atoms with E-state index >= 15 is 0 Å². The highest BCUT2D eigenvalue weighted by molar-refractivity contribution is 7.99. The molecule has 0 fully saturated rings. The zero-order valence-corrected chi connectivity index (χ0v) is 10.3. The summed E-state index contributed by atoms with van der Waals surface area (Å²) in [6.45, 7) is 0. The first kappa shape index (κ1) is 10.6. The van der Waals surface area contributed by atoms with Crippen LogP contribution in [0.15, 0.2) is 52.0 Å². The average molecular weight is 260 g/mol. The van der Waals surface area contributed by atoms with Crippen LogP contribution in [0.2, 0.25) is 0 Å². The van der Waals surface area contributed by atoms with Gasteiger partial charge in [0.25, 0.3) is 0 Å². The minimum absolute atomic E-state index is 0.276. The van der Waals surface area contributed by atoms with Crippen LogP contribution in [0.3, 0.4) is 0 Å². The molecule has 0 atom stereocenters. The molecule has 2 heterocycles. The standard InChI is InChI=1S/C12H8N2OS2/c15-8-1-3-9(4-2-8)17-12-10-5-6-16-11(10)13-7-14-12/h1-7,15H. The summed E-state index contributed by atoms with van der Waals surface area (Å²) in [6.07, 6.45) is 1.58. The highest BCUT2D eigenvalue weighted by Gasteiger charge is 2.06. The van der Waals surface area contributed by atoms with E-state index in [4.69, 9.17) is 0 Å². The predicted octanol–water partition coefficient (Wildman–Crippen LogP) is 3.55. The van der Waals surface area contributed by atoms with Crippen LogP contribution < -0.4 is 0 Å². The van der Waals surface area contributed by atoms with Crippen LogP contribution in [0.1, 0.15) is 0 Å². The second-order valence-electron chi connectivity index (χ2n) is 3.41. The van der Waals surface area contributed by atoms with Crippen molar-refractivity contribution in [2.45, 2.75) is 9.92 Å². The van der Waals surface area contributed by atoms with Gasteiger partial charge in [-0.3, -0.25) is 0 Å². The number of aromatic nitrogens is 2. The molecule has 5 heteroatoms. The van der Waals surface area contributed by atoms with E-state index in [-0.39, 0.29) is 5.75 Å². The number of hydrogen-bond acceptors (Lipinski definition) is 5. The van der Waals surface area contributed by atoms with Crippen molar-refractivity contribution >= 4 is 33.3 Å². The van der Waals surface area contributed by atoms with E-state index in [1.165, 1.54) is 0 Å². The van der Waals surface area contributed by atoms with Gasteiger partial charge in [-0.05, 0) is 35.7 Å².